The molecule has 2 amide bonds. The van der Waals surface area contributed by atoms with Crippen molar-refractivity contribution in [1.29, 1.82) is 0 Å². The van der Waals surface area contributed by atoms with Crippen LogP contribution in [-0.2, 0) is 9.53 Å². The minimum Gasteiger partial charge on any atom is -0.490 e. The first-order valence-corrected chi connectivity index (χ1v) is 12.0. The first-order valence-electron chi connectivity index (χ1n) is 11.6. The van der Waals surface area contributed by atoms with Crippen molar-refractivity contribution in [3.63, 3.8) is 0 Å². The van der Waals surface area contributed by atoms with Gasteiger partial charge in [-0.3, -0.25) is 5.43 Å². The molecule has 4 rings (SSSR count). The van der Waals surface area contributed by atoms with Crippen LogP contribution in [0.3, 0.4) is 0 Å². The second-order valence-corrected chi connectivity index (χ2v) is 8.55. The Bertz CT molecular complexity index is 1280. The van der Waals surface area contributed by atoms with Crippen LogP contribution in [0.15, 0.2) is 46.7 Å². The van der Waals surface area contributed by atoms with E-state index in [9.17, 15) is 14.7 Å². The number of hydrogen-bond acceptors (Lipinski definition) is 10. The molecule has 0 bridgehead atoms. The number of aliphatic hydroxyl groups is 1. The largest absolute Gasteiger partial charge is 0.490 e. The van der Waals surface area contributed by atoms with Crippen LogP contribution in [-0.4, -0.2) is 56.7 Å². The molecule has 2 aromatic rings. The molecule has 0 saturated carbocycles. The molecule has 0 aromatic heterocycles. The molecular formula is C25H27ClN4O8. The number of nitrogens with one attached hydrogen (secondary N) is 3. The van der Waals surface area contributed by atoms with Crippen LogP contribution in [0.1, 0.15) is 31.0 Å². The van der Waals surface area contributed by atoms with Crippen LogP contribution < -0.4 is 35.0 Å². The molecule has 2 heterocycles. The lowest BCUT2D eigenvalue weighted by molar-refractivity contribution is -0.136. The third-order valence-electron chi connectivity index (χ3n) is 5.59. The molecule has 4 N–H and O–H groups in total. The predicted octanol–water partition coefficient (Wildman–Crippen LogP) is 2.59. The van der Waals surface area contributed by atoms with Crippen molar-refractivity contribution in [3.8, 4) is 23.0 Å². The summed E-state index contributed by atoms with van der Waals surface area (Å²) in [7, 11) is 1.27. The SMILES string of the molecule is CCOc1cc([C@@H]2NC(=O)NC(C)=C2C(=O)OC)ccc1OC[C@H](O)N/N=C/c1cc2c(cc1Cl)OCO2. The van der Waals surface area contributed by atoms with Crippen molar-refractivity contribution in [2.24, 2.45) is 5.10 Å². The van der Waals surface area contributed by atoms with Crippen LogP contribution in [0, 0.1) is 0 Å². The maximum absolute atomic E-state index is 12.4. The third-order valence-corrected chi connectivity index (χ3v) is 5.92. The van der Waals surface area contributed by atoms with E-state index in [0.29, 0.717) is 51.5 Å². The first kappa shape index (κ1) is 26.9. The van der Waals surface area contributed by atoms with Crippen molar-refractivity contribution in [3.05, 3.63) is 57.8 Å². The van der Waals surface area contributed by atoms with Crippen molar-refractivity contribution in [2.75, 3.05) is 27.1 Å². The van der Waals surface area contributed by atoms with Crippen molar-refractivity contribution >= 4 is 29.8 Å². The number of carbonyl (C=O) groups excluding carboxylic acids is 2. The Balaban J connectivity index is 1.43. The van der Waals surface area contributed by atoms with E-state index in [2.05, 4.69) is 21.2 Å². The second-order valence-electron chi connectivity index (χ2n) is 8.14. The van der Waals surface area contributed by atoms with Gasteiger partial charge in [0.15, 0.2) is 29.2 Å². The highest BCUT2D eigenvalue weighted by Crippen LogP contribution is 2.36. The van der Waals surface area contributed by atoms with Gasteiger partial charge in [0.2, 0.25) is 6.79 Å². The number of nitrogens with zero attached hydrogens (tertiary/aromatic N) is 1. The highest BCUT2D eigenvalue weighted by atomic mass is 35.5. The third kappa shape index (κ3) is 6.03. The highest BCUT2D eigenvalue weighted by molar-refractivity contribution is 6.33. The molecule has 0 spiro atoms. The van der Waals surface area contributed by atoms with Crippen molar-refractivity contribution in [1.82, 2.24) is 16.1 Å². The molecule has 0 radical (unpaired) electrons. The molecule has 0 unspecified atom stereocenters. The van der Waals surface area contributed by atoms with Gasteiger partial charge in [-0.1, -0.05) is 17.7 Å². The van der Waals surface area contributed by atoms with E-state index in [1.54, 1.807) is 44.2 Å². The fourth-order valence-corrected chi connectivity index (χ4v) is 4.05. The molecule has 2 atom stereocenters. The van der Waals surface area contributed by atoms with Gasteiger partial charge in [-0.2, -0.15) is 5.10 Å². The Morgan fingerprint density at radius 1 is 1.26 bits per heavy atom. The number of allylic oxidation sites excluding steroid dienone is 1. The smallest absolute Gasteiger partial charge is 0.337 e. The van der Waals surface area contributed by atoms with Gasteiger partial charge in [0.05, 0.1) is 36.6 Å². The van der Waals surface area contributed by atoms with Gasteiger partial charge in [0.25, 0.3) is 0 Å². The average Bonchev–Trinajstić information content (AvgIpc) is 3.34. The zero-order chi connectivity index (χ0) is 27.2. The number of fused-ring (bicyclic) bond motifs is 1. The molecule has 38 heavy (non-hydrogen) atoms. The number of rotatable bonds is 10. The molecule has 0 fully saturated rings. The van der Waals surface area contributed by atoms with Crippen LogP contribution >= 0.6 is 11.6 Å². The Hall–Kier alpha value is -4.16. The number of carbonyl (C=O) groups is 2. The molecule has 13 heteroatoms. The summed E-state index contributed by atoms with van der Waals surface area (Å²) >= 11 is 6.22. The van der Waals surface area contributed by atoms with Gasteiger partial charge in [-0.15, -0.1) is 0 Å². The van der Waals surface area contributed by atoms with Gasteiger partial charge in [-0.25, -0.2) is 9.59 Å². The lowest BCUT2D eigenvalue weighted by Gasteiger charge is -2.28. The molecular weight excluding hydrogens is 520 g/mol. The number of hydrogen-bond donors (Lipinski definition) is 4. The number of benzene rings is 2. The van der Waals surface area contributed by atoms with Gasteiger partial charge < -0.3 is 39.4 Å². The Morgan fingerprint density at radius 2 is 2.03 bits per heavy atom. The number of amides is 2. The average molecular weight is 547 g/mol. The zero-order valence-corrected chi connectivity index (χ0v) is 21.6. The molecule has 2 aliphatic heterocycles. The molecule has 2 aromatic carbocycles. The number of ether oxygens (including phenoxy) is 5. The van der Waals surface area contributed by atoms with Crippen LogP contribution in [0.4, 0.5) is 4.79 Å². The number of aliphatic hydroxyl groups excluding tert-OH is 1. The quantitative estimate of drug-likeness (QED) is 0.153. The number of methoxy groups -OCH3 is 1. The highest BCUT2D eigenvalue weighted by Gasteiger charge is 2.32. The number of esters is 1. The van der Waals surface area contributed by atoms with Crippen molar-refractivity contribution in [2.45, 2.75) is 26.1 Å². The second kappa shape index (κ2) is 11.9. The van der Waals surface area contributed by atoms with E-state index in [0.717, 1.165) is 0 Å². The molecule has 12 nitrogen and oxygen atoms in total. The van der Waals surface area contributed by atoms with E-state index < -0.39 is 24.3 Å². The normalized spacial score (nSPS) is 17.1. The van der Waals surface area contributed by atoms with Gasteiger partial charge in [0.1, 0.15) is 6.61 Å². The fraction of sp³-hybridized carbons (Fsp3) is 0.320. The zero-order valence-electron chi connectivity index (χ0n) is 20.9. The van der Waals surface area contributed by atoms with Crippen LogP contribution in [0.2, 0.25) is 5.02 Å². The van der Waals surface area contributed by atoms with Crippen LogP contribution in [0.25, 0.3) is 0 Å². The Morgan fingerprint density at radius 3 is 2.76 bits per heavy atom. The molecule has 0 aliphatic carbocycles. The van der Waals surface area contributed by atoms with E-state index in [1.165, 1.54) is 13.3 Å². The lowest BCUT2D eigenvalue weighted by Crippen LogP contribution is -2.45. The van der Waals surface area contributed by atoms with E-state index in [-0.39, 0.29) is 19.0 Å². The van der Waals surface area contributed by atoms with Gasteiger partial charge >= 0.3 is 12.0 Å². The summed E-state index contributed by atoms with van der Waals surface area (Å²) in [5, 5.41) is 20.0. The van der Waals surface area contributed by atoms with Crippen molar-refractivity contribution < 1.29 is 38.4 Å². The number of halogens is 1. The standard InChI is InChI=1S/C25H27ClN4O8/c1-4-35-18-7-14(23-22(24(32)34-3)13(2)28-25(33)29-23)5-6-17(18)36-11-21(31)30-27-10-15-8-19-20(9-16(15)26)38-12-37-19/h5-10,21,23,30-31H,4,11-12H2,1-3H3,(H2,28,29,33)/b27-10+/t21-,23-/m0/s1. The summed E-state index contributed by atoms with van der Waals surface area (Å²) in [5.41, 5.74) is 4.38. The number of urea groups is 1. The predicted molar refractivity (Wildman–Crippen MR) is 137 cm³/mol. The maximum Gasteiger partial charge on any atom is 0.337 e. The maximum atomic E-state index is 12.4. The minimum absolute atomic E-state index is 0.126. The van der Waals surface area contributed by atoms with Crippen LogP contribution in [0.5, 0.6) is 23.0 Å². The summed E-state index contributed by atoms with van der Waals surface area (Å²) < 4.78 is 26.9. The summed E-state index contributed by atoms with van der Waals surface area (Å²) in [4.78, 5) is 24.5. The fourth-order valence-electron chi connectivity index (χ4n) is 3.85. The monoisotopic (exact) mass is 546 g/mol. The minimum atomic E-state index is -1.16. The Kier molecular flexibility index (Phi) is 8.44. The molecule has 2 aliphatic rings. The topological polar surface area (TPSA) is 149 Å². The van der Waals surface area contributed by atoms with E-state index >= 15 is 0 Å². The summed E-state index contributed by atoms with van der Waals surface area (Å²) in [6.07, 6.45) is 0.281. The molecule has 0 saturated heterocycles. The van der Waals surface area contributed by atoms with E-state index in [4.69, 9.17) is 35.3 Å². The number of hydrazone groups is 1. The first-order chi connectivity index (χ1) is 18.3. The summed E-state index contributed by atoms with van der Waals surface area (Å²) in [6.45, 7) is 3.72. The molecule has 202 valence electrons. The summed E-state index contributed by atoms with van der Waals surface area (Å²) in [5.74, 6) is 1.25. The lowest BCUT2D eigenvalue weighted by atomic mass is 9.95. The van der Waals surface area contributed by atoms with E-state index in [1.807, 2.05) is 0 Å². The van der Waals surface area contributed by atoms with Gasteiger partial charge in [0, 0.05) is 17.3 Å². The summed E-state index contributed by atoms with van der Waals surface area (Å²) in [6, 6.07) is 7.08. The van der Waals surface area contributed by atoms with Gasteiger partial charge in [-0.05, 0) is 37.6 Å². The Labute approximate surface area is 223 Å².